The van der Waals surface area contributed by atoms with Crippen LogP contribution in [0, 0.1) is 5.41 Å². The van der Waals surface area contributed by atoms with Crippen molar-refractivity contribution in [3.8, 4) is 0 Å². The van der Waals surface area contributed by atoms with Crippen molar-refractivity contribution in [2.45, 2.75) is 33.1 Å². The summed E-state index contributed by atoms with van der Waals surface area (Å²) >= 11 is 0. The molecule has 6 N–H and O–H groups in total. The minimum atomic E-state index is -0.0837. The molecule has 5 nitrogen and oxygen atoms in total. The number of carbonyl (C=O) groups excluding carboxylic acids is 1. The van der Waals surface area contributed by atoms with Gasteiger partial charge in [0.25, 0.3) is 0 Å². The van der Waals surface area contributed by atoms with Crippen LogP contribution in [0.5, 0.6) is 0 Å². The number of allylic oxidation sites excluding steroid dienone is 1. The van der Waals surface area contributed by atoms with Gasteiger partial charge in [-0.1, -0.05) is 13.8 Å². The van der Waals surface area contributed by atoms with Crippen molar-refractivity contribution in [1.82, 2.24) is 5.32 Å². The molecule has 0 saturated carbocycles. The molecule has 0 aromatic carbocycles. The summed E-state index contributed by atoms with van der Waals surface area (Å²) < 4.78 is 0. The van der Waals surface area contributed by atoms with Gasteiger partial charge in [0.2, 0.25) is 5.91 Å². The molecule has 0 radical (unpaired) electrons. The van der Waals surface area contributed by atoms with Crippen LogP contribution in [-0.2, 0) is 4.79 Å². The third kappa shape index (κ3) is 7.11. The lowest BCUT2D eigenvalue weighted by atomic mass is 9.90. The van der Waals surface area contributed by atoms with Crippen LogP contribution in [0.25, 0.3) is 0 Å². The summed E-state index contributed by atoms with van der Waals surface area (Å²) in [6, 6.07) is 0. The Bertz CT molecular complexity index is 250. The maximum absolute atomic E-state index is 11.4. The zero-order chi connectivity index (χ0) is 12.6. The third-order valence-corrected chi connectivity index (χ3v) is 2.41. The number of aliphatic hydroxyl groups excluding tert-OH is 1. The molecule has 0 rings (SSSR count). The van der Waals surface area contributed by atoms with Crippen molar-refractivity contribution in [2.24, 2.45) is 16.9 Å². The molecule has 0 heterocycles. The van der Waals surface area contributed by atoms with Gasteiger partial charge in [0.05, 0.1) is 0 Å². The quantitative estimate of drug-likeness (QED) is 0.495. The van der Waals surface area contributed by atoms with Crippen LogP contribution < -0.4 is 16.8 Å². The van der Waals surface area contributed by atoms with E-state index < -0.39 is 0 Å². The van der Waals surface area contributed by atoms with Crippen LogP contribution in [0.2, 0.25) is 0 Å². The molecule has 0 aromatic rings. The van der Waals surface area contributed by atoms with E-state index in [1.54, 1.807) is 0 Å². The molecule has 0 atom stereocenters. The van der Waals surface area contributed by atoms with Crippen molar-refractivity contribution in [2.75, 3.05) is 13.2 Å². The molecule has 0 spiro atoms. The van der Waals surface area contributed by atoms with Crippen molar-refractivity contribution in [3.63, 3.8) is 0 Å². The minimum Gasteiger partial charge on any atom is -0.403 e. The van der Waals surface area contributed by atoms with Gasteiger partial charge in [0.1, 0.15) is 0 Å². The molecule has 0 unspecified atom stereocenters. The molecule has 1 amide bonds. The highest BCUT2D eigenvalue weighted by Crippen LogP contribution is 2.17. The highest BCUT2D eigenvalue weighted by Gasteiger charge is 2.17. The fourth-order valence-electron chi connectivity index (χ4n) is 1.16. The van der Waals surface area contributed by atoms with E-state index in [9.17, 15) is 4.79 Å². The Morgan fingerprint density at radius 1 is 1.44 bits per heavy atom. The number of amides is 1. The summed E-state index contributed by atoms with van der Waals surface area (Å²) in [5.74, 6) is -0.0455. The molecule has 0 bridgehead atoms. The van der Waals surface area contributed by atoms with Gasteiger partial charge in [-0.2, -0.15) is 0 Å². The Morgan fingerprint density at radius 2 is 2.06 bits per heavy atom. The lowest BCUT2D eigenvalue weighted by molar-refractivity contribution is -0.121. The van der Waals surface area contributed by atoms with Crippen molar-refractivity contribution >= 4 is 5.91 Å². The first-order chi connectivity index (χ1) is 7.41. The fourth-order valence-corrected chi connectivity index (χ4v) is 1.16. The van der Waals surface area contributed by atoms with Crippen LogP contribution in [0.3, 0.4) is 0 Å². The predicted octanol–water partition coefficient (Wildman–Crippen LogP) is 0.0502. The topological polar surface area (TPSA) is 101 Å². The standard InChI is InChI=1S/C11H23N3O2/c1-11(2,5-6-15)8-14-10(16)4-3-9(13)7-12/h7,15H,3-6,8,12-13H2,1-2H3,(H,14,16)/b9-7-. The fraction of sp³-hybridized carbons (Fsp3) is 0.727. The van der Waals surface area contributed by atoms with Crippen molar-refractivity contribution in [1.29, 1.82) is 0 Å². The third-order valence-electron chi connectivity index (χ3n) is 2.41. The molecular formula is C11H23N3O2. The summed E-state index contributed by atoms with van der Waals surface area (Å²) in [4.78, 5) is 11.4. The zero-order valence-electron chi connectivity index (χ0n) is 10.1. The van der Waals surface area contributed by atoms with E-state index in [0.29, 0.717) is 31.5 Å². The van der Waals surface area contributed by atoms with Crippen LogP contribution in [0.15, 0.2) is 11.9 Å². The number of rotatable bonds is 7. The number of hydrogen-bond acceptors (Lipinski definition) is 4. The largest absolute Gasteiger partial charge is 0.403 e. The predicted molar refractivity (Wildman–Crippen MR) is 64.2 cm³/mol. The molecule has 16 heavy (non-hydrogen) atoms. The summed E-state index contributed by atoms with van der Waals surface area (Å²) in [7, 11) is 0. The number of hydrogen-bond donors (Lipinski definition) is 4. The Labute approximate surface area is 96.9 Å². The second kappa shape index (κ2) is 7.11. The molecule has 94 valence electrons. The van der Waals surface area contributed by atoms with Crippen LogP contribution in [0.1, 0.15) is 33.1 Å². The summed E-state index contributed by atoms with van der Waals surface area (Å²) in [5, 5.41) is 11.6. The highest BCUT2D eigenvalue weighted by atomic mass is 16.3. The van der Waals surface area contributed by atoms with Crippen molar-refractivity contribution in [3.05, 3.63) is 11.9 Å². The van der Waals surface area contributed by atoms with E-state index in [1.807, 2.05) is 13.8 Å². The van der Waals surface area contributed by atoms with Crippen LogP contribution >= 0.6 is 0 Å². The molecule has 0 fully saturated rings. The molecule has 5 heteroatoms. The van der Waals surface area contributed by atoms with Gasteiger partial charge < -0.3 is 21.9 Å². The van der Waals surface area contributed by atoms with Gasteiger partial charge in [0.15, 0.2) is 0 Å². The minimum absolute atomic E-state index is 0.0455. The second-order valence-electron chi connectivity index (χ2n) is 4.66. The maximum atomic E-state index is 11.4. The molecule has 0 aliphatic heterocycles. The van der Waals surface area contributed by atoms with E-state index >= 15 is 0 Å². The van der Waals surface area contributed by atoms with E-state index in [2.05, 4.69) is 5.32 Å². The zero-order valence-corrected chi connectivity index (χ0v) is 10.1. The van der Waals surface area contributed by atoms with Crippen LogP contribution in [-0.4, -0.2) is 24.2 Å². The number of aliphatic hydroxyl groups is 1. The second-order valence-corrected chi connectivity index (χ2v) is 4.66. The van der Waals surface area contributed by atoms with E-state index in [1.165, 1.54) is 6.20 Å². The Morgan fingerprint density at radius 3 is 2.56 bits per heavy atom. The van der Waals surface area contributed by atoms with Gasteiger partial charge >= 0.3 is 0 Å². The molecule has 0 aliphatic carbocycles. The Balaban J connectivity index is 3.81. The lowest BCUT2D eigenvalue weighted by Crippen LogP contribution is -2.34. The summed E-state index contributed by atoms with van der Waals surface area (Å²) in [6.45, 7) is 4.68. The van der Waals surface area contributed by atoms with Gasteiger partial charge in [-0.3, -0.25) is 4.79 Å². The Kier molecular flexibility index (Phi) is 6.56. The van der Waals surface area contributed by atoms with E-state index in [0.717, 1.165) is 0 Å². The van der Waals surface area contributed by atoms with Crippen LogP contribution in [0.4, 0.5) is 0 Å². The summed E-state index contributed by atoms with van der Waals surface area (Å²) in [5.41, 5.74) is 11.1. The maximum Gasteiger partial charge on any atom is 0.220 e. The first-order valence-corrected chi connectivity index (χ1v) is 5.45. The number of nitrogens with two attached hydrogens (primary N) is 2. The van der Waals surface area contributed by atoms with Gasteiger partial charge in [-0.25, -0.2) is 0 Å². The molecular weight excluding hydrogens is 206 g/mol. The normalized spacial score (nSPS) is 12.6. The summed E-state index contributed by atoms with van der Waals surface area (Å²) in [6.07, 6.45) is 2.79. The first-order valence-electron chi connectivity index (χ1n) is 5.45. The molecule has 0 aromatic heterocycles. The highest BCUT2D eigenvalue weighted by molar-refractivity contribution is 5.76. The first kappa shape index (κ1) is 14.8. The van der Waals surface area contributed by atoms with Gasteiger partial charge in [-0.05, 0) is 18.3 Å². The van der Waals surface area contributed by atoms with Gasteiger partial charge in [-0.15, -0.1) is 0 Å². The number of carbonyl (C=O) groups is 1. The van der Waals surface area contributed by atoms with E-state index in [4.69, 9.17) is 16.6 Å². The lowest BCUT2D eigenvalue weighted by Gasteiger charge is -2.23. The molecule has 0 aliphatic rings. The smallest absolute Gasteiger partial charge is 0.220 e. The SMILES string of the molecule is CC(C)(CCO)CNC(=O)CC/C(N)=C/N. The van der Waals surface area contributed by atoms with Crippen molar-refractivity contribution < 1.29 is 9.90 Å². The monoisotopic (exact) mass is 229 g/mol. The van der Waals surface area contributed by atoms with E-state index in [-0.39, 0.29) is 17.9 Å². The number of nitrogens with one attached hydrogen (secondary N) is 1. The average molecular weight is 229 g/mol. The average Bonchev–Trinajstić information content (AvgIpc) is 2.23. The van der Waals surface area contributed by atoms with Gasteiger partial charge in [0, 0.05) is 31.5 Å². The molecule has 0 saturated heterocycles. The Hall–Kier alpha value is -1.23.